The number of carboxylic acid groups (broad SMARTS) is 1. The Hall–Kier alpha value is -3.81. The molecule has 0 unspecified atom stereocenters. The number of aromatic nitrogens is 2. The number of rotatable bonds is 9. The van der Waals surface area contributed by atoms with Crippen LogP contribution in [0.5, 0.6) is 11.5 Å². The number of aromatic carboxylic acids is 1. The summed E-state index contributed by atoms with van der Waals surface area (Å²) < 4.78 is 13.1. The van der Waals surface area contributed by atoms with Gasteiger partial charge in [-0.2, -0.15) is 5.10 Å². The molecule has 32 heavy (non-hydrogen) atoms. The van der Waals surface area contributed by atoms with E-state index in [1.807, 2.05) is 18.2 Å². The first kappa shape index (κ1) is 21.4. The molecule has 3 aromatic rings. The average molecular weight is 435 g/mol. The van der Waals surface area contributed by atoms with E-state index in [4.69, 9.17) is 14.6 Å². The van der Waals surface area contributed by atoms with Crippen molar-refractivity contribution in [2.75, 3.05) is 7.11 Å². The molecule has 1 fully saturated rings. The molecule has 1 aliphatic carbocycles. The van der Waals surface area contributed by atoms with Crippen LogP contribution in [0.2, 0.25) is 0 Å². The topological polar surface area (TPSA) is 103 Å². The Bertz CT molecular complexity index is 1130. The summed E-state index contributed by atoms with van der Waals surface area (Å²) in [6, 6.07) is 13.9. The molecular weight excluding hydrogens is 410 g/mol. The van der Waals surface area contributed by atoms with Crippen LogP contribution in [0.1, 0.15) is 56.4 Å². The molecule has 1 heterocycles. The number of hydrogen-bond acceptors (Lipinski definition) is 5. The fourth-order valence-electron chi connectivity index (χ4n) is 3.50. The van der Waals surface area contributed by atoms with Gasteiger partial charge in [0, 0.05) is 25.1 Å². The molecule has 8 heteroatoms. The van der Waals surface area contributed by atoms with Gasteiger partial charge in [-0.25, -0.2) is 4.79 Å². The number of nitrogens with one attached hydrogen (secondary N) is 1. The number of ether oxygens (including phenoxy) is 2. The quantitative estimate of drug-likeness (QED) is 0.533. The van der Waals surface area contributed by atoms with E-state index in [0.717, 1.165) is 29.7 Å². The number of benzene rings is 2. The zero-order valence-corrected chi connectivity index (χ0v) is 18.0. The van der Waals surface area contributed by atoms with Crippen LogP contribution < -0.4 is 14.8 Å². The van der Waals surface area contributed by atoms with Crippen molar-refractivity contribution in [1.82, 2.24) is 15.1 Å². The summed E-state index contributed by atoms with van der Waals surface area (Å²) in [5, 5.41) is 16.4. The minimum atomic E-state index is -0.969. The molecule has 0 atom stereocenters. The van der Waals surface area contributed by atoms with Crippen LogP contribution in [0.3, 0.4) is 0 Å². The van der Waals surface area contributed by atoms with Crippen molar-refractivity contribution in [3.63, 3.8) is 0 Å². The predicted molar refractivity (Wildman–Crippen MR) is 117 cm³/mol. The van der Waals surface area contributed by atoms with E-state index in [-0.39, 0.29) is 24.6 Å². The highest BCUT2D eigenvalue weighted by molar-refractivity contribution is 5.92. The van der Waals surface area contributed by atoms with E-state index in [0.29, 0.717) is 23.1 Å². The third-order valence-electron chi connectivity index (χ3n) is 5.43. The Labute approximate surface area is 185 Å². The standard InChI is InChI=1S/C24H25N3O5/c1-27-20(12-19(26-27)16-10-11-16)23(28)25-13-18-4-3-5-21(22(18)31-2)32-14-15-6-8-17(9-7-15)24(29)30/h3-9,12,16H,10-11,13-14H2,1-2H3,(H,25,28)(H,29,30). The molecule has 1 saturated carbocycles. The fourth-order valence-corrected chi connectivity index (χ4v) is 3.50. The Morgan fingerprint density at radius 2 is 1.94 bits per heavy atom. The maximum absolute atomic E-state index is 12.7. The Morgan fingerprint density at radius 3 is 2.59 bits per heavy atom. The van der Waals surface area contributed by atoms with E-state index in [1.165, 1.54) is 12.1 Å². The summed E-state index contributed by atoms with van der Waals surface area (Å²) >= 11 is 0. The van der Waals surface area contributed by atoms with E-state index >= 15 is 0 Å². The number of carboxylic acids is 1. The van der Waals surface area contributed by atoms with Gasteiger partial charge in [0.25, 0.3) is 5.91 Å². The van der Waals surface area contributed by atoms with Crippen molar-refractivity contribution in [3.05, 3.63) is 76.6 Å². The van der Waals surface area contributed by atoms with Gasteiger partial charge in [-0.1, -0.05) is 24.3 Å². The van der Waals surface area contributed by atoms with Crippen molar-refractivity contribution in [2.24, 2.45) is 7.05 Å². The lowest BCUT2D eigenvalue weighted by Gasteiger charge is -2.15. The van der Waals surface area contributed by atoms with Crippen LogP contribution in [0, 0.1) is 0 Å². The lowest BCUT2D eigenvalue weighted by molar-refractivity contribution is 0.0696. The number of amides is 1. The SMILES string of the molecule is COc1c(CNC(=O)c2cc(C3CC3)nn2C)cccc1OCc1ccc(C(=O)O)cc1. The molecule has 1 amide bonds. The van der Waals surface area contributed by atoms with Gasteiger partial charge < -0.3 is 19.9 Å². The van der Waals surface area contributed by atoms with Crippen molar-refractivity contribution in [3.8, 4) is 11.5 Å². The summed E-state index contributed by atoms with van der Waals surface area (Å²) in [7, 11) is 3.33. The summed E-state index contributed by atoms with van der Waals surface area (Å²) in [5.74, 6) is 0.399. The van der Waals surface area contributed by atoms with Gasteiger partial charge in [-0.05, 0) is 42.7 Å². The van der Waals surface area contributed by atoms with Gasteiger partial charge >= 0.3 is 5.97 Å². The molecule has 8 nitrogen and oxygen atoms in total. The second-order valence-electron chi connectivity index (χ2n) is 7.77. The number of para-hydroxylation sites is 1. The number of carbonyl (C=O) groups excluding carboxylic acids is 1. The number of methoxy groups -OCH3 is 1. The van der Waals surface area contributed by atoms with Gasteiger partial charge in [0.1, 0.15) is 12.3 Å². The van der Waals surface area contributed by atoms with Crippen molar-refractivity contribution >= 4 is 11.9 Å². The van der Waals surface area contributed by atoms with Crippen molar-refractivity contribution in [2.45, 2.75) is 31.9 Å². The minimum absolute atomic E-state index is 0.196. The molecule has 4 rings (SSSR count). The van der Waals surface area contributed by atoms with Crippen LogP contribution in [-0.2, 0) is 20.2 Å². The van der Waals surface area contributed by atoms with Gasteiger partial charge in [0.15, 0.2) is 11.5 Å². The zero-order valence-electron chi connectivity index (χ0n) is 18.0. The van der Waals surface area contributed by atoms with Gasteiger partial charge in [0.2, 0.25) is 0 Å². The highest BCUT2D eigenvalue weighted by Crippen LogP contribution is 2.39. The lowest BCUT2D eigenvalue weighted by Crippen LogP contribution is -2.25. The van der Waals surface area contributed by atoms with Crippen LogP contribution in [0.4, 0.5) is 0 Å². The van der Waals surface area contributed by atoms with Gasteiger partial charge in [0.05, 0.1) is 18.4 Å². The van der Waals surface area contributed by atoms with E-state index in [2.05, 4.69) is 10.4 Å². The second-order valence-corrected chi connectivity index (χ2v) is 7.77. The fraction of sp³-hybridized carbons (Fsp3) is 0.292. The predicted octanol–water partition coefficient (Wildman–Crippen LogP) is 3.51. The van der Waals surface area contributed by atoms with E-state index < -0.39 is 5.97 Å². The molecule has 2 N–H and O–H groups in total. The van der Waals surface area contributed by atoms with Crippen LogP contribution in [0.25, 0.3) is 0 Å². The monoisotopic (exact) mass is 435 g/mol. The number of aryl methyl sites for hydroxylation is 1. The smallest absolute Gasteiger partial charge is 0.335 e. The largest absolute Gasteiger partial charge is 0.493 e. The van der Waals surface area contributed by atoms with Crippen LogP contribution in [0.15, 0.2) is 48.5 Å². The zero-order chi connectivity index (χ0) is 22.7. The molecule has 0 radical (unpaired) electrons. The highest BCUT2D eigenvalue weighted by atomic mass is 16.5. The second kappa shape index (κ2) is 9.13. The summed E-state index contributed by atoms with van der Waals surface area (Å²) in [4.78, 5) is 23.7. The van der Waals surface area contributed by atoms with Gasteiger partial charge in [-0.3, -0.25) is 9.48 Å². The Balaban J connectivity index is 1.41. The molecule has 1 aliphatic rings. The molecule has 166 valence electrons. The van der Waals surface area contributed by atoms with Gasteiger partial charge in [-0.15, -0.1) is 0 Å². The normalized spacial score (nSPS) is 12.9. The minimum Gasteiger partial charge on any atom is -0.493 e. The highest BCUT2D eigenvalue weighted by Gasteiger charge is 2.28. The summed E-state index contributed by atoms with van der Waals surface area (Å²) in [5.41, 5.74) is 3.34. The van der Waals surface area contributed by atoms with Crippen molar-refractivity contribution in [1.29, 1.82) is 0 Å². The summed E-state index contributed by atoms with van der Waals surface area (Å²) in [6.07, 6.45) is 2.26. The maximum atomic E-state index is 12.7. The van der Waals surface area contributed by atoms with E-state index in [1.54, 1.807) is 37.0 Å². The molecule has 0 aliphatic heterocycles. The molecule has 1 aromatic heterocycles. The van der Waals surface area contributed by atoms with Crippen LogP contribution in [-0.4, -0.2) is 33.9 Å². The first-order valence-electron chi connectivity index (χ1n) is 10.4. The number of carbonyl (C=O) groups is 2. The van der Waals surface area contributed by atoms with Crippen LogP contribution >= 0.6 is 0 Å². The summed E-state index contributed by atoms with van der Waals surface area (Å²) in [6.45, 7) is 0.529. The Morgan fingerprint density at radius 1 is 1.19 bits per heavy atom. The molecule has 2 aromatic carbocycles. The third kappa shape index (κ3) is 4.74. The molecular formula is C24H25N3O5. The Kier molecular flexibility index (Phi) is 6.11. The maximum Gasteiger partial charge on any atom is 0.335 e. The number of nitrogens with zero attached hydrogens (tertiary/aromatic N) is 2. The first-order valence-corrected chi connectivity index (χ1v) is 10.4. The first-order chi connectivity index (χ1) is 15.5. The molecule has 0 saturated heterocycles. The molecule has 0 spiro atoms. The average Bonchev–Trinajstić information content (AvgIpc) is 3.57. The van der Waals surface area contributed by atoms with Crippen molar-refractivity contribution < 1.29 is 24.2 Å². The lowest BCUT2D eigenvalue weighted by atomic mass is 10.1. The third-order valence-corrected chi connectivity index (χ3v) is 5.43. The number of hydrogen-bond donors (Lipinski definition) is 2. The van der Waals surface area contributed by atoms with E-state index in [9.17, 15) is 9.59 Å². The molecule has 0 bridgehead atoms.